The van der Waals surface area contributed by atoms with Gasteiger partial charge in [-0.05, 0) is 38.5 Å². The molecule has 0 fully saturated rings. The number of aromatic nitrogens is 4. The third-order valence-electron chi connectivity index (χ3n) is 8.55. The van der Waals surface area contributed by atoms with Crippen LogP contribution in [0.5, 0.6) is 0 Å². The van der Waals surface area contributed by atoms with Crippen LogP contribution in [0, 0.1) is 5.82 Å². The highest BCUT2D eigenvalue weighted by molar-refractivity contribution is 6.01. The summed E-state index contributed by atoms with van der Waals surface area (Å²) in [5, 5.41) is 13.6. The van der Waals surface area contributed by atoms with Crippen molar-refractivity contribution in [3.8, 4) is 22.8 Å². The van der Waals surface area contributed by atoms with Crippen molar-refractivity contribution in [2.75, 3.05) is 11.4 Å². The monoisotopic (exact) mass is 764 g/mol. The lowest BCUT2D eigenvalue weighted by atomic mass is 9.85. The van der Waals surface area contributed by atoms with Crippen molar-refractivity contribution in [2.45, 2.75) is 82.4 Å². The van der Waals surface area contributed by atoms with Crippen LogP contribution < -0.4 is 10.2 Å². The van der Waals surface area contributed by atoms with E-state index in [4.69, 9.17) is 9.15 Å². The largest absolute Gasteiger partial charge is 0.529 e. The smallest absolute Gasteiger partial charge is 0.444 e. The standard InChI is InChI=1S/C35H32F7N7O5/c1-5-10-33(37)17-24(43-31(51)53-32(2,3)4)28(50)49(18-19-6-8-20(9-7-19)26-44-29(54-47-26)35(40,41)42)25-15-21(23(36)16-22(25)33)27-45-46-30(52-27)48-13-11-34(38,39)12-14-48/h5-9,13,15-16,24H,1,10-12,14,17-18H2,2-4H3/p+1/t24-,33?/m0/s1. The maximum Gasteiger partial charge on any atom is 0.529 e. The predicted molar refractivity (Wildman–Crippen MR) is 176 cm³/mol. The van der Waals surface area contributed by atoms with E-state index in [1.165, 1.54) is 41.1 Å². The Morgan fingerprint density at radius 3 is 2.48 bits per heavy atom. The Bertz CT molecular complexity index is 2110. The molecule has 0 saturated carbocycles. The molecule has 0 aliphatic carbocycles. The van der Waals surface area contributed by atoms with Crippen molar-refractivity contribution < 1.29 is 58.6 Å². The molecule has 54 heavy (non-hydrogen) atoms. The van der Waals surface area contributed by atoms with Gasteiger partial charge in [0.2, 0.25) is 11.7 Å². The van der Waals surface area contributed by atoms with Gasteiger partial charge < -0.3 is 23.9 Å². The van der Waals surface area contributed by atoms with Crippen molar-refractivity contribution in [1.82, 2.24) is 25.7 Å². The fourth-order valence-corrected chi connectivity index (χ4v) is 6.02. The molecule has 19 heteroatoms. The number of hydrogen-bond acceptors (Lipinski definition) is 9. The lowest BCUT2D eigenvalue weighted by molar-refractivity contribution is -0.468. The van der Waals surface area contributed by atoms with Gasteiger partial charge in [-0.2, -0.15) is 22.7 Å². The number of allylic oxidation sites excluding steroid dienone is 1. The lowest BCUT2D eigenvalue weighted by Crippen LogP contribution is -2.50. The summed E-state index contributed by atoms with van der Waals surface area (Å²) < 4.78 is 117. The molecule has 1 unspecified atom stereocenters. The molecular formula is C35H33F7N7O5+. The normalized spacial score (nSPS) is 20.2. The summed E-state index contributed by atoms with van der Waals surface area (Å²) in [6.45, 7) is 7.92. The van der Waals surface area contributed by atoms with Crippen molar-refractivity contribution in [1.29, 1.82) is 0 Å². The van der Waals surface area contributed by atoms with Gasteiger partial charge in [0.25, 0.3) is 11.8 Å². The first-order valence-corrected chi connectivity index (χ1v) is 16.5. The predicted octanol–water partition coefficient (Wildman–Crippen LogP) is 7.66. The molecule has 6 rings (SSSR count). The molecule has 4 aromatic rings. The number of benzene rings is 2. The zero-order valence-electron chi connectivity index (χ0n) is 29.0. The van der Waals surface area contributed by atoms with Gasteiger partial charge in [0.15, 0.2) is 0 Å². The Kier molecular flexibility index (Phi) is 9.87. The van der Waals surface area contributed by atoms with Gasteiger partial charge in [-0.25, -0.2) is 22.4 Å². The number of carbonyl (C=O) groups excluding carboxylic acids is 2. The molecule has 286 valence electrons. The summed E-state index contributed by atoms with van der Waals surface area (Å²) in [5.74, 6) is -7.05. The van der Waals surface area contributed by atoms with Gasteiger partial charge in [0, 0.05) is 35.5 Å². The highest BCUT2D eigenvalue weighted by atomic mass is 19.4. The van der Waals surface area contributed by atoms with E-state index in [1.807, 2.05) is 0 Å². The highest BCUT2D eigenvalue weighted by Gasteiger charge is 2.46. The summed E-state index contributed by atoms with van der Waals surface area (Å²) in [6, 6.07) is 5.92. The number of hydrogen-bond donors (Lipinski definition) is 1. The molecule has 2 amide bonds. The number of halogens is 7. The summed E-state index contributed by atoms with van der Waals surface area (Å²) in [4.78, 5) is 31.8. The third kappa shape index (κ3) is 8.13. The summed E-state index contributed by atoms with van der Waals surface area (Å²) in [7, 11) is 0. The van der Waals surface area contributed by atoms with Crippen LogP contribution >= 0.6 is 0 Å². The maximum absolute atomic E-state index is 17.3. The molecule has 0 radical (unpaired) electrons. The fraction of sp³-hybridized carbons (Fsp3) is 0.400. The second-order valence-electron chi connectivity index (χ2n) is 13.8. The molecule has 2 aromatic carbocycles. The molecule has 2 atom stereocenters. The Morgan fingerprint density at radius 2 is 1.87 bits per heavy atom. The van der Waals surface area contributed by atoms with Crippen LogP contribution in [0.25, 0.3) is 22.8 Å². The minimum atomic E-state index is -4.86. The molecule has 0 bridgehead atoms. The number of alkyl halides is 6. The molecule has 2 aliphatic rings. The quantitative estimate of drug-likeness (QED) is 0.109. The molecule has 0 spiro atoms. The first kappa shape index (κ1) is 38.1. The number of amides is 2. The molecule has 0 saturated heterocycles. The summed E-state index contributed by atoms with van der Waals surface area (Å²) in [6.07, 6.45) is -5.60. The van der Waals surface area contributed by atoms with Gasteiger partial charge in [-0.15, -0.1) is 6.58 Å². The number of anilines is 1. The van der Waals surface area contributed by atoms with E-state index in [0.717, 1.165) is 17.0 Å². The molecule has 4 heterocycles. The zero-order chi connectivity index (χ0) is 39.2. The van der Waals surface area contributed by atoms with Gasteiger partial charge in [-0.1, -0.05) is 35.5 Å². The van der Waals surface area contributed by atoms with E-state index in [9.17, 15) is 31.5 Å². The highest BCUT2D eigenvalue weighted by Crippen LogP contribution is 2.46. The van der Waals surface area contributed by atoms with E-state index in [2.05, 4.69) is 36.8 Å². The number of nitrogens with zero attached hydrogens (tertiary/aromatic N) is 6. The van der Waals surface area contributed by atoms with Gasteiger partial charge in [0.1, 0.15) is 28.2 Å². The molecule has 2 aromatic heterocycles. The van der Waals surface area contributed by atoms with Crippen LogP contribution in [0.15, 0.2) is 58.0 Å². The number of alkyl carbamates (subject to hydrolysis) is 1. The topological polar surface area (TPSA) is 139 Å². The summed E-state index contributed by atoms with van der Waals surface area (Å²) >= 11 is 0. The Balaban J connectivity index is 1.42. The lowest BCUT2D eigenvalue weighted by Gasteiger charge is -2.27. The number of carbonyl (C=O) groups is 2. The Hall–Kier alpha value is -5.62. The van der Waals surface area contributed by atoms with E-state index >= 15 is 8.78 Å². The van der Waals surface area contributed by atoms with E-state index in [-0.39, 0.29) is 47.3 Å². The molecular weight excluding hydrogens is 731 g/mol. The summed E-state index contributed by atoms with van der Waals surface area (Å²) in [5.41, 5.74) is -3.72. The number of fused-ring (bicyclic) bond motifs is 1. The van der Waals surface area contributed by atoms with Crippen LogP contribution in [0.1, 0.15) is 63.5 Å². The van der Waals surface area contributed by atoms with E-state index in [0.29, 0.717) is 5.56 Å². The number of ether oxygens (including phenoxy) is 1. The van der Waals surface area contributed by atoms with E-state index < -0.39 is 84.7 Å². The van der Waals surface area contributed by atoms with Crippen molar-refractivity contribution in [2.24, 2.45) is 0 Å². The van der Waals surface area contributed by atoms with Crippen LogP contribution in [-0.4, -0.2) is 67.2 Å². The van der Waals surface area contributed by atoms with Crippen LogP contribution in [0.4, 0.5) is 47.2 Å². The van der Waals surface area contributed by atoms with Gasteiger partial charge in [0.05, 0.1) is 37.0 Å². The average molecular weight is 765 g/mol. The second-order valence-corrected chi connectivity index (χ2v) is 13.8. The molecule has 2 aliphatic heterocycles. The first-order valence-electron chi connectivity index (χ1n) is 16.5. The van der Waals surface area contributed by atoms with Crippen LogP contribution in [0.2, 0.25) is 0 Å². The molecule has 1 N–H and O–H groups in total. The zero-order valence-corrected chi connectivity index (χ0v) is 29.0. The minimum absolute atomic E-state index is 0.143. The van der Waals surface area contributed by atoms with Crippen molar-refractivity contribution in [3.05, 3.63) is 71.9 Å². The number of nitrogens with one attached hydrogen (secondary N) is 1. The third-order valence-corrected chi connectivity index (χ3v) is 8.55. The Labute approximate surface area is 302 Å². The van der Waals surface area contributed by atoms with Crippen LogP contribution in [-0.2, 0) is 27.9 Å². The number of rotatable bonds is 8. The fourth-order valence-electron chi connectivity index (χ4n) is 6.02. The van der Waals surface area contributed by atoms with Crippen molar-refractivity contribution in [3.63, 3.8) is 0 Å². The van der Waals surface area contributed by atoms with E-state index in [1.54, 1.807) is 20.8 Å². The van der Waals surface area contributed by atoms with Crippen molar-refractivity contribution >= 4 is 29.9 Å². The van der Waals surface area contributed by atoms with Crippen LogP contribution in [0.3, 0.4) is 0 Å². The first-order chi connectivity index (χ1) is 25.2. The minimum Gasteiger partial charge on any atom is -0.444 e. The second kappa shape index (κ2) is 14.0. The SMILES string of the molecule is C=CCC1(F)C[C@H](NC(=O)OC(C)(C)C)C(=O)N(Cc2ccc(-c3noc(C(F)(F)F)n3)cc2)c2cc(-c3nnc([N+]4=CCC(F)(F)CC4)o3)c(F)cc21. The average Bonchev–Trinajstić information content (AvgIpc) is 3.76. The van der Waals surface area contributed by atoms with Gasteiger partial charge in [-0.3, -0.25) is 4.79 Å². The maximum atomic E-state index is 17.3. The Morgan fingerprint density at radius 1 is 1.15 bits per heavy atom. The van der Waals surface area contributed by atoms with Gasteiger partial charge >= 0.3 is 24.2 Å². The molecule has 12 nitrogen and oxygen atoms in total.